The molecule has 1 aromatic rings. The molecule has 0 atom stereocenters. The van der Waals surface area contributed by atoms with E-state index in [1.54, 1.807) is 12.0 Å². The van der Waals surface area contributed by atoms with Gasteiger partial charge in [0.1, 0.15) is 5.82 Å². The molecule has 0 saturated carbocycles. The van der Waals surface area contributed by atoms with Crippen molar-refractivity contribution < 1.29 is 22.3 Å². The number of hydrogen-bond donors (Lipinski definition) is 1. The Morgan fingerprint density at radius 3 is 2.36 bits per heavy atom. The summed E-state index contributed by atoms with van der Waals surface area (Å²) in [7, 11) is -2.07. The van der Waals surface area contributed by atoms with Gasteiger partial charge in [0, 0.05) is 39.8 Å². The van der Waals surface area contributed by atoms with Crippen LogP contribution in [0.25, 0.3) is 0 Å². The van der Waals surface area contributed by atoms with Gasteiger partial charge in [-0.25, -0.2) is 12.8 Å². The highest BCUT2D eigenvalue weighted by atomic mass is 35.5. The molecule has 7 nitrogen and oxygen atoms in total. The Labute approximate surface area is 153 Å². The molecule has 0 aliphatic carbocycles. The number of nitrogens with one attached hydrogen (secondary N) is 1. The summed E-state index contributed by atoms with van der Waals surface area (Å²) >= 11 is 0. The summed E-state index contributed by atoms with van der Waals surface area (Å²) in [6.07, 6.45) is 0. The molecule has 0 spiro atoms. The van der Waals surface area contributed by atoms with Gasteiger partial charge in [0.05, 0.1) is 18.0 Å². The molecular weight excluding hydrogens is 373 g/mol. The van der Waals surface area contributed by atoms with E-state index < -0.39 is 15.8 Å². The maximum absolute atomic E-state index is 12.9. The number of rotatable bonds is 7. The van der Waals surface area contributed by atoms with Gasteiger partial charge in [0.15, 0.2) is 0 Å². The number of nitrogens with zero attached hydrogens (tertiary/aromatic N) is 2. The summed E-state index contributed by atoms with van der Waals surface area (Å²) in [5, 5.41) is 2.97. The third-order valence-electron chi connectivity index (χ3n) is 3.80. The van der Waals surface area contributed by atoms with Crippen LogP contribution in [0, 0.1) is 5.82 Å². The maximum Gasteiger partial charge on any atom is 0.243 e. The van der Waals surface area contributed by atoms with Crippen LogP contribution in [0.2, 0.25) is 0 Å². The first-order chi connectivity index (χ1) is 11.4. The van der Waals surface area contributed by atoms with Gasteiger partial charge in [-0.05, 0) is 24.3 Å². The van der Waals surface area contributed by atoms with E-state index in [-0.39, 0.29) is 42.8 Å². The highest BCUT2D eigenvalue weighted by Gasteiger charge is 2.29. The Kier molecular flexibility index (Phi) is 8.74. The van der Waals surface area contributed by atoms with Crippen molar-refractivity contribution in [3.8, 4) is 0 Å². The Hall–Kier alpha value is -1.26. The van der Waals surface area contributed by atoms with Gasteiger partial charge in [0.2, 0.25) is 15.9 Å². The molecule has 0 unspecified atom stereocenters. The molecule has 10 heteroatoms. The third-order valence-corrected chi connectivity index (χ3v) is 5.71. The van der Waals surface area contributed by atoms with E-state index in [1.807, 2.05) is 0 Å². The van der Waals surface area contributed by atoms with Gasteiger partial charge >= 0.3 is 0 Å². The quantitative estimate of drug-likeness (QED) is 0.672. The topological polar surface area (TPSA) is 79.0 Å². The van der Waals surface area contributed by atoms with Crippen molar-refractivity contribution in [3.63, 3.8) is 0 Å². The molecule has 2 rings (SSSR count). The van der Waals surface area contributed by atoms with Gasteiger partial charge in [-0.2, -0.15) is 4.31 Å². The van der Waals surface area contributed by atoms with Crippen LogP contribution >= 0.6 is 12.4 Å². The molecule has 25 heavy (non-hydrogen) atoms. The molecule has 1 amide bonds. The van der Waals surface area contributed by atoms with E-state index in [9.17, 15) is 17.6 Å². The smallest absolute Gasteiger partial charge is 0.243 e. The predicted octanol–water partition coefficient (Wildman–Crippen LogP) is 0.316. The Morgan fingerprint density at radius 2 is 1.80 bits per heavy atom. The van der Waals surface area contributed by atoms with Gasteiger partial charge in [-0.15, -0.1) is 12.4 Å². The minimum Gasteiger partial charge on any atom is -0.383 e. The molecule has 1 aliphatic heterocycles. The lowest BCUT2D eigenvalue weighted by Crippen LogP contribution is -2.52. The number of halogens is 2. The van der Waals surface area contributed by atoms with Gasteiger partial charge in [0.25, 0.3) is 0 Å². The molecular formula is C15H23ClFN3O4S. The van der Waals surface area contributed by atoms with E-state index >= 15 is 0 Å². The molecule has 1 saturated heterocycles. The van der Waals surface area contributed by atoms with E-state index in [4.69, 9.17) is 4.74 Å². The lowest BCUT2D eigenvalue weighted by Gasteiger charge is -2.34. The molecule has 1 aliphatic rings. The summed E-state index contributed by atoms with van der Waals surface area (Å²) < 4.78 is 44.1. The molecule has 1 fully saturated rings. The summed E-state index contributed by atoms with van der Waals surface area (Å²) in [5.74, 6) is -0.546. The molecule has 1 heterocycles. The summed E-state index contributed by atoms with van der Waals surface area (Å²) in [4.78, 5) is 13.7. The first-order valence-corrected chi connectivity index (χ1v) is 9.12. The maximum atomic E-state index is 12.9. The zero-order chi connectivity index (χ0) is 17.6. The number of benzene rings is 1. The van der Waals surface area contributed by atoms with Crippen LogP contribution in [0.1, 0.15) is 0 Å². The van der Waals surface area contributed by atoms with Crippen LogP contribution in [0.4, 0.5) is 4.39 Å². The van der Waals surface area contributed by atoms with Crippen LogP contribution in [0.5, 0.6) is 0 Å². The second kappa shape index (κ2) is 10.0. The monoisotopic (exact) mass is 395 g/mol. The number of amides is 1. The van der Waals surface area contributed by atoms with Crippen molar-refractivity contribution in [1.29, 1.82) is 0 Å². The minimum absolute atomic E-state index is 0. The number of carbonyl (C=O) groups is 1. The number of methoxy groups -OCH3 is 1. The van der Waals surface area contributed by atoms with Crippen LogP contribution in [0.3, 0.4) is 0 Å². The minimum atomic E-state index is -3.66. The molecule has 1 N–H and O–H groups in total. The number of ether oxygens (including phenoxy) is 1. The highest BCUT2D eigenvalue weighted by Crippen LogP contribution is 2.18. The molecule has 0 radical (unpaired) electrons. The van der Waals surface area contributed by atoms with E-state index in [1.165, 1.54) is 16.4 Å². The van der Waals surface area contributed by atoms with Crippen LogP contribution in [-0.2, 0) is 19.6 Å². The first-order valence-electron chi connectivity index (χ1n) is 7.68. The van der Waals surface area contributed by atoms with E-state index in [0.29, 0.717) is 26.2 Å². The van der Waals surface area contributed by atoms with Crippen molar-refractivity contribution in [3.05, 3.63) is 30.1 Å². The Balaban J connectivity index is 0.00000312. The summed E-state index contributed by atoms with van der Waals surface area (Å²) in [5.41, 5.74) is 0. The Morgan fingerprint density at radius 1 is 1.20 bits per heavy atom. The lowest BCUT2D eigenvalue weighted by atomic mass is 10.3. The molecule has 142 valence electrons. The SMILES string of the molecule is COCCNCC(=O)N1CCN(S(=O)(=O)c2ccc(F)cc2)CC1.Cl. The number of carbonyl (C=O) groups excluding carboxylic acids is 1. The van der Waals surface area contributed by atoms with Crippen LogP contribution < -0.4 is 5.32 Å². The Bertz CT molecular complexity index is 649. The van der Waals surface area contributed by atoms with Crippen molar-refractivity contribution >= 4 is 28.3 Å². The second-order valence-corrected chi connectivity index (χ2v) is 7.35. The first kappa shape index (κ1) is 21.8. The molecule has 0 aromatic heterocycles. The average Bonchev–Trinajstić information content (AvgIpc) is 2.59. The van der Waals surface area contributed by atoms with E-state index in [2.05, 4.69) is 5.32 Å². The standard InChI is InChI=1S/C15H22FN3O4S.ClH/c1-23-11-6-17-12-15(20)18-7-9-19(10-8-18)24(21,22)14-4-2-13(16)3-5-14;/h2-5,17H,6-12H2,1H3;1H. The van der Waals surface area contributed by atoms with Gasteiger partial charge in [-0.3, -0.25) is 4.79 Å². The normalized spacial score (nSPS) is 15.7. The fourth-order valence-electron chi connectivity index (χ4n) is 2.41. The van der Waals surface area contributed by atoms with Gasteiger partial charge < -0.3 is 15.0 Å². The largest absolute Gasteiger partial charge is 0.383 e. The third kappa shape index (κ3) is 5.89. The number of hydrogen-bond acceptors (Lipinski definition) is 5. The zero-order valence-electron chi connectivity index (χ0n) is 14.0. The van der Waals surface area contributed by atoms with E-state index in [0.717, 1.165) is 12.1 Å². The average molecular weight is 396 g/mol. The van der Waals surface area contributed by atoms with Crippen molar-refractivity contribution in [1.82, 2.24) is 14.5 Å². The van der Waals surface area contributed by atoms with Crippen molar-refractivity contribution in [2.24, 2.45) is 0 Å². The second-order valence-electron chi connectivity index (χ2n) is 5.41. The zero-order valence-corrected chi connectivity index (χ0v) is 15.6. The summed E-state index contributed by atoms with van der Waals surface area (Å²) in [6, 6.07) is 4.75. The summed E-state index contributed by atoms with van der Waals surface area (Å²) in [6.45, 7) is 2.44. The molecule has 1 aromatic carbocycles. The predicted molar refractivity (Wildman–Crippen MR) is 93.7 cm³/mol. The van der Waals surface area contributed by atoms with Crippen LogP contribution in [0.15, 0.2) is 29.2 Å². The number of piperazine rings is 1. The van der Waals surface area contributed by atoms with Crippen molar-refractivity contribution in [2.75, 3.05) is 53.0 Å². The number of sulfonamides is 1. The van der Waals surface area contributed by atoms with Crippen molar-refractivity contribution in [2.45, 2.75) is 4.90 Å². The molecule has 0 bridgehead atoms. The van der Waals surface area contributed by atoms with Crippen LogP contribution in [-0.4, -0.2) is 76.5 Å². The lowest BCUT2D eigenvalue weighted by molar-refractivity contribution is -0.131. The van der Waals surface area contributed by atoms with Gasteiger partial charge in [-0.1, -0.05) is 0 Å². The highest BCUT2D eigenvalue weighted by molar-refractivity contribution is 7.89. The fraction of sp³-hybridized carbons (Fsp3) is 0.533. The fourth-order valence-corrected chi connectivity index (χ4v) is 3.84.